The molecular formula is C28H28F6N2O5. The van der Waals surface area contributed by atoms with Gasteiger partial charge in [0.15, 0.2) is 0 Å². The lowest BCUT2D eigenvalue weighted by molar-refractivity contribution is -0.384. The second-order valence-electron chi connectivity index (χ2n) is 11.0. The minimum atomic E-state index is -5.02. The summed E-state index contributed by atoms with van der Waals surface area (Å²) in [4.78, 5) is 12.5. The van der Waals surface area contributed by atoms with Crippen LogP contribution in [0.1, 0.15) is 67.4 Å². The van der Waals surface area contributed by atoms with Crippen LogP contribution in [0.3, 0.4) is 0 Å². The summed E-state index contributed by atoms with van der Waals surface area (Å²) in [7, 11) is 1.45. The number of alkyl halides is 6. The summed E-state index contributed by atoms with van der Waals surface area (Å²) in [6.45, 7) is 1.67. The Balaban J connectivity index is 1.51. The molecule has 2 fully saturated rings. The lowest BCUT2D eigenvalue weighted by Gasteiger charge is -2.32. The van der Waals surface area contributed by atoms with Crippen LogP contribution in [0, 0.1) is 15.5 Å². The first-order valence-corrected chi connectivity index (χ1v) is 13.0. The smallest absolute Gasteiger partial charge is 0.416 e. The first-order valence-electron chi connectivity index (χ1n) is 13.0. The summed E-state index contributed by atoms with van der Waals surface area (Å²) in [6, 6.07) is 4.77. The maximum Gasteiger partial charge on any atom is 0.416 e. The number of allylic oxidation sites excluding steroid dienone is 1. The first-order chi connectivity index (χ1) is 19.1. The monoisotopic (exact) mass is 586 g/mol. The van der Waals surface area contributed by atoms with Crippen LogP contribution in [-0.4, -0.2) is 41.0 Å². The molecule has 7 nitrogen and oxygen atoms in total. The predicted octanol–water partition coefficient (Wildman–Crippen LogP) is 7.10. The number of hydrogen-bond acceptors (Lipinski definition) is 6. The van der Waals surface area contributed by atoms with Gasteiger partial charge in [0.1, 0.15) is 11.9 Å². The molecule has 1 heterocycles. The summed E-state index contributed by atoms with van der Waals surface area (Å²) in [6.07, 6.45) is -8.83. The highest BCUT2D eigenvalue weighted by Crippen LogP contribution is 2.59. The van der Waals surface area contributed by atoms with E-state index in [1.807, 2.05) is 0 Å². The van der Waals surface area contributed by atoms with Crippen molar-refractivity contribution < 1.29 is 45.8 Å². The molecule has 1 aliphatic heterocycles. The average Bonchev–Trinajstić information content (AvgIpc) is 3.59. The Hall–Kier alpha value is -3.16. The van der Waals surface area contributed by atoms with Crippen molar-refractivity contribution in [3.63, 3.8) is 0 Å². The van der Waals surface area contributed by atoms with E-state index < -0.39 is 47.0 Å². The fourth-order valence-corrected chi connectivity index (χ4v) is 5.98. The summed E-state index contributed by atoms with van der Waals surface area (Å²) in [5.41, 5.74) is -1.11. The van der Waals surface area contributed by atoms with E-state index in [-0.39, 0.29) is 29.3 Å². The molecule has 0 radical (unpaired) electrons. The van der Waals surface area contributed by atoms with E-state index in [0.717, 1.165) is 30.4 Å². The second kappa shape index (κ2) is 10.3. The van der Waals surface area contributed by atoms with Crippen LogP contribution in [0.2, 0.25) is 0 Å². The van der Waals surface area contributed by atoms with Crippen LogP contribution < -0.4 is 4.74 Å². The number of non-ortho nitro benzene ring substituents is 1. The van der Waals surface area contributed by atoms with Crippen molar-refractivity contribution in [1.29, 1.82) is 0 Å². The van der Waals surface area contributed by atoms with Gasteiger partial charge in [0.2, 0.25) is 6.41 Å². The third kappa shape index (κ3) is 5.80. The van der Waals surface area contributed by atoms with Crippen molar-refractivity contribution in [3.8, 4) is 5.75 Å². The second-order valence-corrected chi connectivity index (χ2v) is 11.0. The van der Waals surface area contributed by atoms with Gasteiger partial charge in [-0.1, -0.05) is 5.57 Å². The number of nitro benzene ring substituents is 1. The predicted molar refractivity (Wildman–Crippen MR) is 135 cm³/mol. The molecule has 222 valence electrons. The van der Waals surface area contributed by atoms with Crippen LogP contribution in [-0.2, 0) is 17.1 Å². The number of aliphatic hydroxyl groups is 1. The Morgan fingerprint density at radius 1 is 1.07 bits per heavy atom. The molecule has 5 rings (SSSR count). The third-order valence-electron chi connectivity index (χ3n) is 8.42. The molecule has 3 aliphatic rings. The van der Waals surface area contributed by atoms with Gasteiger partial charge in [0.05, 0.1) is 23.2 Å². The zero-order valence-electron chi connectivity index (χ0n) is 22.2. The summed E-state index contributed by atoms with van der Waals surface area (Å²) in [5.74, 6) is 0.433. The standard InChI is InChI=1S/C28H28F6N2O5/c1-15-24(16-9-18(27(29,30)31)11-19(10-16)28(32,33)34)41-25(37)35(15)14-17-13-26(7-8-26)6-5-21(17)22-12-20(36(38)39)3-4-23(22)40-2/h3-4,9-12,15,24-25,37H,5-8,13-14H2,1-2H3/t15-,24-,25?/m0/s1. The number of nitro groups is 1. The molecule has 1 N–H and O–H groups in total. The van der Waals surface area contributed by atoms with E-state index in [1.165, 1.54) is 30.2 Å². The topological polar surface area (TPSA) is 85.1 Å². The van der Waals surface area contributed by atoms with Gasteiger partial charge in [-0.05, 0) is 79.8 Å². The van der Waals surface area contributed by atoms with Gasteiger partial charge in [-0.25, -0.2) is 4.90 Å². The molecule has 13 heteroatoms. The minimum absolute atomic E-state index is 0.0535. The fourth-order valence-electron chi connectivity index (χ4n) is 5.98. The lowest BCUT2D eigenvalue weighted by atomic mass is 9.78. The number of methoxy groups -OCH3 is 1. The van der Waals surface area contributed by atoms with Crippen LogP contribution in [0.5, 0.6) is 5.75 Å². The number of ether oxygens (including phenoxy) is 2. The van der Waals surface area contributed by atoms with Crippen molar-refractivity contribution >= 4 is 11.3 Å². The number of hydrogen-bond donors (Lipinski definition) is 1. The van der Waals surface area contributed by atoms with Crippen molar-refractivity contribution in [2.45, 2.75) is 69.9 Å². The van der Waals surface area contributed by atoms with Crippen molar-refractivity contribution in [2.75, 3.05) is 13.7 Å². The molecule has 2 aromatic rings. The van der Waals surface area contributed by atoms with Gasteiger partial charge in [-0.15, -0.1) is 0 Å². The molecule has 1 saturated heterocycles. The molecule has 1 unspecified atom stereocenters. The molecule has 2 aliphatic carbocycles. The van der Waals surface area contributed by atoms with E-state index in [0.29, 0.717) is 36.3 Å². The highest BCUT2D eigenvalue weighted by molar-refractivity contribution is 5.76. The minimum Gasteiger partial charge on any atom is -0.496 e. The van der Waals surface area contributed by atoms with Gasteiger partial charge >= 0.3 is 12.4 Å². The van der Waals surface area contributed by atoms with Crippen molar-refractivity contribution in [3.05, 3.63) is 74.3 Å². The number of aliphatic hydroxyl groups excluding tert-OH is 1. The average molecular weight is 587 g/mol. The molecule has 1 spiro atoms. The first kappa shape index (κ1) is 29.3. The van der Waals surface area contributed by atoms with Gasteiger partial charge < -0.3 is 14.6 Å². The van der Waals surface area contributed by atoms with Crippen molar-refractivity contribution in [1.82, 2.24) is 4.90 Å². The van der Waals surface area contributed by atoms with Crippen LogP contribution in [0.25, 0.3) is 5.57 Å². The number of nitrogens with zero attached hydrogens (tertiary/aromatic N) is 2. The zero-order chi connectivity index (χ0) is 29.9. The van der Waals surface area contributed by atoms with Gasteiger partial charge in [0.25, 0.3) is 5.69 Å². The summed E-state index contributed by atoms with van der Waals surface area (Å²) < 4.78 is 91.9. The molecule has 0 bridgehead atoms. The molecular weight excluding hydrogens is 558 g/mol. The third-order valence-corrected chi connectivity index (χ3v) is 8.42. The zero-order valence-corrected chi connectivity index (χ0v) is 22.2. The summed E-state index contributed by atoms with van der Waals surface area (Å²) >= 11 is 0. The molecule has 0 amide bonds. The highest BCUT2D eigenvalue weighted by Gasteiger charge is 2.48. The molecule has 0 aromatic heterocycles. The molecule has 41 heavy (non-hydrogen) atoms. The Morgan fingerprint density at radius 3 is 2.24 bits per heavy atom. The van der Waals surface area contributed by atoms with Crippen molar-refractivity contribution in [2.24, 2.45) is 5.41 Å². The van der Waals surface area contributed by atoms with Gasteiger partial charge in [-0.2, -0.15) is 26.3 Å². The lowest BCUT2D eigenvalue weighted by Crippen LogP contribution is -2.38. The maximum absolute atomic E-state index is 13.5. The molecule has 1 saturated carbocycles. The van der Waals surface area contributed by atoms with Crippen LogP contribution >= 0.6 is 0 Å². The van der Waals surface area contributed by atoms with E-state index in [1.54, 1.807) is 6.92 Å². The number of halogens is 6. The number of benzene rings is 2. The van der Waals surface area contributed by atoms with Crippen LogP contribution in [0.4, 0.5) is 32.0 Å². The Kier molecular flexibility index (Phi) is 7.36. The molecule has 2 aromatic carbocycles. The normalized spacial score (nSPS) is 24.7. The van der Waals surface area contributed by atoms with Crippen LogP contribution in [0.15, 0.2) is 42.0 Å². The molecule has 3 atom stereocenters. The fraction of sp³-hybridized carbons (Fsp3) is 0.500. The Labute approximate surface area is 231 Å². The van der Waals surface area contributed by atoms with E-state index >= 15 is 0 Å². The summed E-state index contributed by atoms with van der Waals surface area (Å²) in [5, 5.41) is 22.3. The van der Waals surface area contributed by atoms with E-state index in [4.69, 9.17) is 9.47 Å². The van der Waals surface area contributed by atoms with E-state index in [9.17, 15) is 41.6 Å². The highest BCUT2D eigenvalue weighted by atomic mass is 19.4. The van der Waals surface area contributed by atoms with Gasteiger partial charge in [-0.3, -0.25) is 10.1 Å². The number of rotatable bonds is 6. The van der Waals surface area contributed by atoms with E-state index in [2.05, 4.69) is 0 Å². The SMILES string of the molecule is COc1ccc([N+](=O)[O-])cc1C1=C(CN2C(O)O[C@H](c3cc(C(F)(F)F)cc(C(F)(F)F)c3)[C@@H]2C)CC2(CC1)CC2. The Morgan fingerprint density at radius 2 is 1.71 bits per heavy atom. The maximum atomic E-state index is 13.5. The van der Waals surface area contributed by atoms with Gasteiger partial charge in [0, 0.05) is 30.3 Å². The Bertz CT molecular complexity index is 1350. The quantitative estimate of drug-likeness (QED) is 0.221. The largest absolute Gasteiger partial charge is 0.496 e.